The normalized spacial score (nSPS) is 21.6. The number of likely N-dealkylation sites (tertiary alicyclic amines) is 1. The summed E-state index contributed by atoms with van der Waals surface area (Å²) < 4.78 is 10.5. The molecule has 1 heterocycles. The first-order chi connectivity index (χ1) is 11.6. The maximum atomic E-state index is 11.8. The van der Waals surface area contributed by atoms with Crippen molar-refractivity contribution in [2.45, 2.75) is 25.8 Å². The number of methoxy groups -OCH3 is 1. The number of hydrogen-bond donors (Lipinski definition) is 2. The van der Waals surface area contributed by atoms with E-state index in [0.717, 1.165) is 30.8 Å². The fraction of sp³-hybridized carbons (Fsp3) is 0.611. The Morgan fingerprint density at radius 2 is 2.04 bits per heavy atom. The van der Waals surface area contributed by atoms with E-state index in [9.17, 15) is 9.90 Å². The zero-order valence-corrected chi connectivity index (χ0v) is 14.2. The highest BCUT2D eigenvalue weighted by Crippen LogP contribution is 2.34. The summed E-state index contributed by atoms with van der Waals surface area (Å²) in [6, 6.07) is 7.73. The maximum absolute atomic E-state index is 11.8. The predicted molar refractivity (Wildman–Crippen MR) is 90.1 cm³/mol. The van der Waals surface area contributed by atoms with Gasteiger partial charge in [0.25, 0.3) is 0 Å². The van der Waals surface area contributed by atoms with Crippen molar-refractivity contribution in [3.8, 4) is 5.75 Å². The van der Waals surface area contributed by atoms with Crippen LogP contribution < -0.4 is 4.74 Å². The second-order valence-corrected chi connectivity index (χ2v) is 6.36. The molecule has 1 fully saturated rings. The lowest BCUT2D eigenvalue weighted by Crippen LogP contribution is -2.48. The van der Waals surface area contributed by atoms with Gasteiger partial charge in [0.05, 0.1) is 12.0 Å². The summed E-state index contributed by atoms with van der Waals surface area (Å²) in [7, 11) is 1.61. The molecule has 0 amide bonds. The Morgan fingerprint density at radius 3 is 2.67 bits per heavy atom. The van der Waals surface area contributed by atoms with Crippen LogP contribution in [-0.4, -0.2) is 61.1 Å². The van der Waals surface area contributed by atoms with Gasteiger partial charge in [0.1, 0.15) is 12.4 Å². The lowest BCUT2D eigenvalue weighted by Gasteiger charge is -2.40. The van der Waals surface area contributed by atoms with Crippen LogP contribution in [0, 0.1) is 5.41 Å². The number of carboxylic acid groups (broad SMARTS) is 1. The van der Waals surface area contributed by atoms with Crippen molar-refractivity contribution in [2.75, 3.05) is 40.0 Å². The first kappa shape index (κ1) is 18.7. The second kappa shape index (κ2) is 9.01. The quantitative estimate of drug-likeness (QED) is 0.715. The SMILES string of the molecule is COCCC1(C(=O)O)CCCN(Cc2ccc(OCCO)cc2)C1. The van der Waals surface area contributed by atoms with Crippen LogP contribution in [0.1, 0.15) is 24.8 Å². The van der Waals surface area contributed by atoms with Crippen LogP contribution in [0.5, 0.6) is 5.75 Å². The molecule has 1 aliphatic heterocycles. The molecule has 1 aliphatic rings. The van der Waals surface area contributed by atoms with Crippen molar-refractivity contribution in [3.05, 3.63) is 29.8 Å². The molecular weight excluding hydrogens is 310 g/mol. The molecule has 1 aromatic rings. The first-order valence-corrected chi connectivity index (χ1v) is 8.37. The predicted octanol–water partition coefficient (Wildman–Crippen LogP) is 1.76. The van der Waals surface area contributed by atoms with Crippen LogP contribution in [0.15, 0.2) is 24.3 Å². The molecule has 1 atom stereocenters. The van der Waals surface area contributed by atoms with E-state index in [1.165, 1.54) is 0 Å². The van der Waals surface area contributed by atoms with Crippen LogP contribution in [0.25, 0.3) is 0 Å². The highest BCUT2D eigenvalue weighted by molar-refractivity contribution is 5.75. The molecule has 0 saturated carbocycles. The van der Waals surface area contributed by atoms with Crippen molar-refractivity contribution in [3.63, 3.8) is 0 Å². The summed E-state index contributed by atoms with van der Waals surface area (Å²) >= 11 is 0. The minimum atomic E-state index is -0.725. The van der Waals surface area contributed by atoms with Crippen molar-refractivity contribution in [1.82, 2.24) is 4.90 Å². The van der Waals surface area contributed by atoms with Crippen molar-refractivity contribution < 1.29 is 24.5 Å². The number of nitrogens with zero attached hydrogens (tertiary/aromatic N) is 1. The van der Waals surface area contributed by atoms with E-state index in [4.69, 9.17) is 14.6 Å². The fourth-order valence-corrected chi connectivity index (χ4v) is 3.26. The lowest BCUT2D eigenvalue weighted by molar-refractivity contribution is -0.154. The number of carboxylic acids is 1. The van der Waals surface area contributed by atoms with Gasteiger partial charge >= 0.3 is 5.97 Å². The van der Waals surface area contributed by atoms with Gasteiger partial charge in [-0.05, 0) is 43.5 Å². The van der Waals surface area contributed by atoms with Crippen LogP contribution in [0.4, 0.5) is 0 Å². The number of hydrogen-bond acceptors (Lipinski definition) is 5. The fourth-order valence-electron chi connectivity index (χ4n) is 3.26. The average Bonchev–Trinajstić information content (AvgIpc) is 2.59. The van der Waals surface area contributed by atoms with Crippen molar-refractivity contribution in [1.29, 1.82) is 0 Å². The third-order valence-corrected chi connectivity index (χ3v) is 4.58. The maximum Gasteiger partial charge on any atom is 0.311 e. The minimum absolute atomic E-state index is 0.00568. The number of aliphatic hydroxyl groups is 1. The van der Waals surface area contributed by atoms with E-state index < -0.39 is 11.4 Å². The molecule has 0 spiro atoms. The minimum Gasteiger partial charge on any atom is -0.491 e. The van der Waals surface area contributed by atoms with Crippen LogP contribution >= 0.6 is 0 Å². The van der Waals surface area contributed by atoms with E-state index in [2.05, 4.69) is 4.90 Å². The summed E-state index contributed by atoms with van der Waals surface area (Å²) in [5, 5.41) is 18.5. The van der Waals surface area contributed by atoms with Gasteiger partial charge in [-0.25, -0.2) is 0 Å². The second-order valence-electron chi connectivity index (χ2n) is 6.36. The molecule has 2 rings (SSSR count). The van der Waals surface area contributed by atoms with Crippen molar-refractivity contribution in [2.24, 2.45) is 5.41 Å². The number of piperidine rings is 1. The van der Waals surface area contributed by atoms with Gasteiger partial charge < -0.3 is 19.7 Å². The Hall–Kier alpha value is -1.63. The van der Waals surface area contributed by atoms with Gasteiger partial charge in [0.15, 0.2) is 0 Å². The molecule has 0 bridgehead atoms. The number of ether oxygens (including phenoxy) is 2. The molecule has 6 nitrogen and oxygen atoms in total. The first-order valence-electron chi connectivity index (χ1n) is 8.37. The zero-order chi connectivity index (χ0) is 17.4. The number of carbonyl (C=O) groups is 1. The molecule has 0 aliphatic carbocycles. The summed E-state index contributed by atoms with van der Waals surface area (Å²) in [4.78, 5) is 14.0. The van der Waals surface area contributed by atoms with Crippen LogP contribution in [0.3, 0.4) is 0 Å². The Morgan fingerprint density at radius 1 is 1.29 bits per heavy atom. The van der Waals surface area contributed by atoms with E-state index in [-0.39, 0.29) is 13.2 Å². The van der Waals surface area contributed by atoms with E-state index >= 15 is 0 Å². The Kier molecular flexibility index (Phi) is 7.02. The van der Waals surface area contributed by atoms with Gasteiger partial charge in [-0.15, -0.1) is 0 Å². The van der Waals surface area contributed by atoms with Crippen LogP contribution in [-0.2, 0) is 16.1 Å². The van der Waals surface area contributed by atoms with Crippen molar-refractivity contribution >= 4 is 5.97 Å². The number of aliphatic hydroxyl groups excluding tert-OH is 1. The molecule has 6 heteroatoms. The molecule has 24 heavy (non-hydrogen) atoms. The number of rotatable bonds is 9. The van der Waals surface area contributed by atoms with Gasteiger partial charge in [-0.3, -0.25) is 9.69 Å². The summed E-state index contributed by atoms with van der Waals surface area (Å²) in [6.07, 6.45) is 2.13. The Bertz CT molecular complexity index is 519. The van der Waals surface area contributed by atoms with Gasteiger partial charge in [-0.1, -0.05) is 12.1 Å². The van der Waals surface area contributed by atoms with Gasteiger partial charge in [0, 0.05) is 26.8 Å². The summed E-state index contributed by atoms with van der Waals surface area (Å²) in [5.74, 6) is 0.00317. The smallest absolute Gasteiger partial charge is 0.311 e. The Balaban J connectivity index is 1.97. The topological polar surface area (TPSA) is 79.2 Å². The summed E-state index contributed by atoms with van der Waals surface area (Å²) in [6.45, 7) is 2.93. The Labute approximate surface area is 143 Å². The third-order valence-electron chi connectivity index (χ3n) is 4.58. The highest BCUT2D eigenvalue weighted by atomic mass is 16.5. The largest absolute Gasteiger partial charge is 0.491 e. The highest BCUT2D eigenvalue weighted by Gasteiger charge is 2.41. The molecule has 0 aromatic heterocycles. The standard InChI is InChI=1S/C18H27NO5/c1-23-11-8-18(17(21)22)7-2-9-19(14-18)13-15-3-5-16(6-4-15)24-12-10-20/h3-6,20H,2,7-14H2,1H3,(H,21,22). The average molecular weight is 337 g/mol. The van der Waals surface area contributed by atoms with E-state index in [1.807, 2.05) is 24.3 Å². The molecule has 1 unspecified atom stereocenters. The molecule has 134 valence electrons. The molecule has 2 N–H and O–H groups in total. The molecular formula is C18H27NO5. The molecule has 1 saturated heterocycles. The summed E-state index contributed by atoms with van der Waals surface area (Å²) in [5.41, 5.74) is 0.414. The van der Waals surface area contributed by atoms with Crippen LogP contribution in [0.2, 0.25) is 0 Å². The number of aliphatic carboxylic acids is 1. The molecule has 1 aromatic carbocycles. The zero-order valence-electron chi connectivity index (χ0n) is 14.2. The van der Waals surface area contributed by atoms with E-state index in [0.29, 0.717) is 26.0 Å². The lowest BCUT2D eigenvalue weighted by atomic mass is 9.77. The van der Waals surface area contributed by atoms with Gasteiger partial charge in [0.2, 0.25) is 0 Å². The monoisotopic (exact) mass is 337 g/mol. The van der Waals surface area contributed by atoms with E-state index in [1.54, 1.807) is 7.11 Å². The number of benzene rings is 1. The van der Waals surface area contributed by atoms with Gasteiger partial charge in [-0.2, -0.15) is 0 Å². The third kappa shape index (κ3) is 4.93. The molecule has 0 radical (unpaired) electrons.